The quantitative estimate of drug-likeness (QED) is 0.889. The third kappa shape index (κ3) is 4.44. The number of carbonyl (C=O) groups is 1. The summed E-state index contributed by atoms with van der Waals surface area (Å²) in [6.07, 6.45) is 0.849. The van der Waals surface area contributed by atoms with E-state index >= 15 is 0 Å². The molecule has 0 bridgehead atoms. The molecule has 1 aromatic carbocycles. The van der Waals surface area contributed by atoms with Gasteiger partial charge in [-0.1, -0.05) is 12.1 Å². The second-order valence-electron chi connectivity index (χ2n) is 4.71. The van der Waals surface area contributed by atoms with Gasteiger partial charge >= 0.3 is 6.09 Å². The number of benzene rings is 1. The van der Waals surface area contributed by atoms with E-state index in [-0.39, 0.29) is 18.2 Å². The molecular formula is C16H18FN3O2. The molecule has 116 valence electrons. The zero-order valence-corrected chi connectivity index (χ0v) is 12.3. The van der Waals surface area contributed by atoms with Crippen LogP contribution in [-0.4, -0.2) is 17.7 Å². The zero-order valence-electron chi connectivity index (χ0n) is 12.3. The number of hydrogen-bond acceptors (Lipinski definition) is 4. The summed E-state index contributed by atoms with van der Waals surface area (Å²) in [5.41, 5.74) is 8.07. The molecule has 6 heteroatoms. The van der Waals surface area contributed by atoms with E-state index in [1.807, 2.05) is 0 Å². The lowest BCUT2D eigenvalue weighted by atomic mass is 10.1. The minimum Gasteiger partial charge on any atom is -0.450 e. The standard InChI is InChI=1S/C16H18FN3O2/c1-2-22-16(21)20-14-10-9-13(19-15(14)18)8-5-11-3-6-12(17)7-4-11/h3-4,6-7,9-10H,2,5,8H2,1H3,(H2,18,19)(H,20,21). The van der Waals surface area contributed by atoms with Crippen LogP contribution in [0.25, 0.3) is 0 Å². The molecule has 1 amide bonds. The fourth-order valence-corrected chi connectivity index (χ4v) is 1.96. The van der Waals surface area contributed by atoms with Gasteiger partial charge < -0.3 is 10.5 Å². The van der Waals surface area contributed by atoms with Crippen LogP contribution in [0.1, 0.15) is 18.2 Å². The molecule has 1 heterocycles. The second kappa shape index (κ2) is 7.40. The Morgan fingerprint density at radius 3 is 2.59 bits per heavy atom. The molecule has 1 aromatic heterocycles. The normalized spacial score (nSPS) is 10.3. The van der Waals surface area contributed by atoms with E-state index in [2.05, 4.69) is 10.3 Å². The molecule has 0 spiro atoms. The molecule has 0 aliphatic carbocycles. The summed E-state index contributed by atoms with van der Waals surface area (Å²) in [5, 5.41) is 2.53. The average molecular weight is 303 g/mol. The van der Waals surface area contributed by atoms with Gasteiger partial charge in [0.1, 0.15) is 11.6 Å². The highest BCUT2D eigenvalue weighted by molar-refractivity contribution is 5.87. The van der Waals surface area contributed by atoms with E-state index < -0.39 is 6.09 Å². The Morgan fingerprint density at radius 1 is 1.23 bits per heavy atom. The first-order valence-corrected chi connectivity index (χ1v) is 7.02. The number of nitrogen functional groups attached to an aromatic ring is 1. The molecule has 0 aliphatic heterocycles. The topological polar surface area (TPSA) is 77.2 Å². The molecule has 0 radical (unpaired) electrons. The van der Waals surface area contributed by atoms with Crippen LogP contribution in [0, 0.1) is 5.82 Å². The lowest BCUT2D eigenvalue weighted by Gasteiger charge is -2.09. The number of nitrogens with two attached hydrogens (primary N) is 1. The number of ether oxygens (including phenoxy) is 1. The molecule has 0 atom stereocenters. The van der Waals surface area contributed by atoms with Crippen molar-refractivity contribution < 1.29 is 13.9 Å². The smallest absolute Gasteiger partial charge is 0.411 e. The third-order valence-corrected chi connectivity index (χ3v) is 3.08. The van der Waals surface area contributed by atoms with E-state index in [1.165, 1.54) is 12.1 Å². The van der Waals surface area contributed by atoms with Crippen LogP contribution in [0.4, 0.5) is 20.7 Å². The predicted molar refractivity (Wildman–Crippen MR) is 83.1 cm³/mol. The monoisotopic (exact) mass is 303 g/mol. The van der Waals surface area contributed by atoms with Crippen LogP contribution in [-0.2, 0) is 17.6 Å². The van der Waals surface area contributed by atoms with E-state index in [0.29, 0.717) is 12.1 Å². The van der Waals surface area contributed by atoms with Gasteiger partial charge in [0.25, 0.3) is 0 Å². The molecule has 5 nitrogen and oxygen atoms in total. The van der Waals surface area contributed by atoms with Crippen LogP contribution in [0.2, 0.25) is 0 Å². The molecular weight excluding hydrogens is 285 g/mol. The van der Waals surface area contributed by atoms with Crippen molar-refractivity contribution in [2.45, 2.75) is 19.8 Å². The summed E-state index contributed by atoms with van der Waals surface area (Å²) in [6, 6.07) is 9.85. The summed E-state index contributed by atoms with van der Waals surface area (Å²) in [5.74, 6) is -0.00910. The summed E-state index contributed by atoms with van der Waals surface area (Å²) in [7, 11) is 0. The van der Waals surface area contributed by atoms with Gasteiger partial charge in [0.05, 0.1) is 12.3 Å². The van der Waals surface area contributed by atoms with Crippen molar-refractivity contribution in [1.29, 1.82) is 0 Å². The van der Waals surface area contributed by atoms with Crippen LogP contribution in [0.15, 0.2) is 36.4 Å². The lowest BCUT2D eigenvalue weighted by Crippen LogP contribution is -2.15. The van der Waals surface area contributed by atoms with Crippen molar-refractivity contribution in [3.8, 4) is 0 Å². The maximum Gasteiger partial charge on any atom is 0.411 e. The minimum absolute atomic E-state index is 0.240. The number of amides is 1. The summed E-state index contributed by atoms with van der Waals surface area (Å²) >= 11 is 0. The zero-order chi connectivity index (χ0) is 15.9. The second-order valence-corrected chi connectivity index (χ2v) is 4.71. The highest BCUT2D eigenvalue weighted by atomic mass is 19.1. The molecule has 0 saturated carbocycles. The molecule has 0 saturated heterocycles. The number of aryl methyl sites for hydroxylation is 2. The van der Waals surface area contributed by atoms with Gasteiger partial charge in [0, 0.05) is 5.69 Å². The van der Waals surface area contributed by atoms with E-state index in [4.69, 9.17) is 10.5 Å². The molecule has 0 aliphatic rings. The number of pyridine rings is 1. The predicted octanol–water partition coefficient (Wildman–Crippen LogP) is 3.16. The number of nitrogens with zero attached hydrogens (tertiary/aromatic N) is 1. The Hall–Kier alpha value is -2.63. The molecule has 2 aromatic rings. The Bertz CT molecular complexity index is 644. The largest absolute Gasteiger partial charge is 0.450 e. The van der Waals surface area contributed by atoms with Crippen LogP contribution >= 0.6 is 0 Å². The number of nitrogens with one attached hydrogen (secondary N) is 1. The number of hydrogen-bond donors (Lipinski definition) is 2. The van der Waals surface area contributed by atoms with Gasteiger partial charge in [-0.3, -0.25) is 5.32 Å². The van der Waals surface area contributed by atoms with Crippen molar-refractivity contribution in [1.82, 2.24) is 4.98 Å². The lowest BCUT2D eigenvalue weighted by molar-refractivity contribution is 0.168. The van der Waals surface area contributed by atoms with Crippen molar-refractivity contribution in [2.24, 2.45) is 0 Å². The van der Waals surface area contributed by atoms with Crippen LogP contribution in [0.5, 0.6) is 0 Å². The van der Waals surface area contributed by atoms with Gasteiger partial charge in [-0.25, -0.2) is 14.2 Å². The SMILES string of the molecule is CCOC(=O)Nc1ccc(CCc2ccc(F)cc2)nc1N. The Labute approximate surface area is 128 Å². The first-order valence-electron chi connectivity index (χ1n) is 7.02. The Kier molecular flexibility index (Phi) is 5.30. The van der Waals surface area contributed by atoms with E-state index in [0.717, 1.165) is 17.7 Å². The average Bonchev–Trinajstić information content (AvgIpc) is 2.49. The van der Waals surface area contributed by atoms with Gasteiger partial charge in [-0.2, -0.15) is 0 Å². The van der Waals surface area contributed by atoms with Gasteiger partial charge in [-0.05, 0) is 49.6 Å². The maximum absolute atomic E-state index is 12.8. The number of halogens is 1. The molecule has 2 rings (SSSR count). The van der Waals surface area contributed by atoms with Crippen molar-refractivity contribution in [3.63, 3.8) is 0 Å². The fraction of sp³-hybridized carbons (Fsp3) is 0.250. The highest BCUT2D eigenvalue weighted by Crippen LogP contribution is 2.17. The first-order chi connectivity index (χ1) is 10.6. The van der Waals surface area contributed by atoms with Crippen molar-refractivity contribution in [2.75, 3.05) is 17.7 Å². The van der Waals surface area contributed by atoms with Crippen molar-refractivity contribution >= 4 is 17.6 Å². The number of anilines is 2. The summed E-state index contributed by atoms with van der Waals surface area (Å²) in [4.78, 5) is 15.6. The number of aromatic nitrogens is 1. The van der Waals surface area contributed by atoms with Crippen LogP contribution in [0.3, 0.4) is 0 Å². The summed E-state index contributed by atoms with van der Waals surface area (Å²) in [6.45, 7) is 2.01. The third-order valence-electron chi connectivity index (χ3n) is 3.08. The fourth-order valence-electron chi connectivity index (χ4n) is 1.96. The first kappa shape index (κ1) is 15.8. The molecule has 0 fully saturated rings. The number of carbonyl (C=O) groups excluding carboxylic acids is 1. The summed E-state index contributed by atoms with van der Waals surface area (Å²) < 4.78 is 17.6. The minimum atomic E-state index is -0.560. The Balaban J connectivity index is 1.97. The highest BCUT2D eigenvalue weighted by Gasteiger charge is 2.07. The van der Waals surface area contributed by atoms with E-state index in [9.17, 15) is 9.18 Å². The molecule has 0 unspecified atom stereocenters. The number of rotatable bonds is 5. The molecule has 22 heavy (non-hydrogen) atoms. The van der Waals surface area contributed by atoms with Crippen molar-refractivity contribution in [3.05, 3.63) is 53.5 Å². The molecule has 3 N–H and O–H groups in total. The van der Waals surface area contributed by atoms with Gasteiger partial charge in [0.2, 0.25) is 0 Å². The van der Waals surface area contributed by atoms with Crippen LogP contribution < -0.4 is 11.1 Å². The van der Waals surface area contributed by atoms with Gasteiger partial charge in [0.15, 0.2) is 0 Å². The Morgan fingerprint density at radius 2 is 1.95 bits per heavy atom. The van der Waals surface area contributed by atoms with Gasteiger partial charge in [-0.15, -0.1) is 0 Å². The maximum atomic E-state index is 12.8. The van der Waals surface area contributed by atoms with E-state index in [1.54, 1.807) is 31.2 Å².